The Bertz CT molecular complexity index is 3830. The van der Waals surface area contributed by atoms with Gasteiger partial charge < -0.3 is 4.90 Å². The molecule has 0 aromatic heterocycles. The van der Waals surface area contributed by atoms with Gasteiger partial charge in [-0.2, -0.15) is 0 Å². The van der Waals surface area contributed by atoms with E-state index in [0.29, 0.717) is 0 Å². The summed E-state index contributed by atoms with van der Waals surface area (Å²) < 4.78 is 0. The molecule has 0 heterocycles. The minimum atomic E-state index is -0.536. The normalized spacial score (nSPS) is 13.7. The lowest BCUT2D eigenvalue weighted by Gasteiger charge is -2.35. The molecule has 0 saturated carbocycles. The zero-order valence-electron chi connectivity index (χ0n) is 39.8. The van der Waals surface area contributed by atoms with Crippen molar-refractivity contribution in [2.75, 3.05) is 4.90 Å². The molecule has 11 aromatic carbocycles. The Hall–Kier alpha value is -8.78. The van der Waals surface area contributed by atoms with Crippen molar-refractivity contribution < 1.29 is 0 Å². The second-order valence-electron chi connectivity index (χ2n) is 19.9. The van der Waals surface area contributed by atoms with Crippen LogP contribution in [0.2, 0.25) is 0 Å². The van der Waals surface area contributed by atoms with E-state index in [2.05, 4.69) is 280 Å². The molecule has 334 valence electrons. The van der Waals surface area contributed by atoms with E-state index in [1.54, 1.807) is 0 Å². The lowest BCUT2D eigenvalue weighted by Crippen LogP contribution is -2.29. The molecule has 0 aliphatic heterocycles. The molecular formula is C70H49N. The monoisotopic (exact) mass is 903 g/mol. The summed E-state index contributed by atoms with van der Waals surface area (Å²) in [4.78, 5) is 2.48. The highest BCUT2D eigenvalue weighted by Crippen LogP contribution is 2.63. The van der Waals surface area contributed by atoms with Gasteiger partial charge in [0, 0.05) is 22.4 Å². The third-order valence-electron chi connectivity index (χ3n) is 15.9. The second-order valence-corrected chi connectivity index (χ2v) is 19.9. The third kappa shape index (κ3) is 6.06. The van der Waals surface area contributed by atoms with Crippen molar-refractivity contribution in [1.82, 2.24) is 0 Å². The van der Waals surface area contributed by atoms with Crippen LogP contribution in [0.15, 0.2) is 261 Å². The van der Waals surface area contributed by atoms with Crippen molar-refractivity contribution in [2.45, 2.75) is 24.7 Å². The first kappa shape index (κ1) is 41.2. The van der Waals surface area contributed by atoms with Gasteiger partial charge in [-0.05, 0) is 142 Å². The maximum atomic E-state index is 2.48. The fourth-order valence-corrected chi connectivity index (χ4v) is 12.8. The summed E-state index contributed by atoms with van der Waals surface area (Å²) >= 11 is 0. The van der Waals surface area contributed by atoms with Crippen LogP contribution in [0.1, 0.15) is 47.2 Å². The Morgan fingerprint density at radius 1 is 0.254 bits per heavy atom. The summed E-state index contributed by atoms with van der Waals surface area (Å²) in [6.45, 7) is 4.74. The number of nitrogens with zero attached hydrogens (tertiary/aromatic N) is 1. The van der Waals surface area contributed by atoms with E-state index in [4.69, 9.17) is 0 Å². The largest absolute Gasteiger partial charge is 0.310 e. The van der Waals surface area contributed by atoms with Crippen LogP contribution in [0.5, 0.6) is 0 Å². The first-order chi connectivity index (χ1) is 35.0. The Balaban J connectivity index is 0.969. The van der Waals surface area contributed by atoms with Crippen molar-refractivity contribution in [3.63, 3.8) is 0 Å². The number of hydrogen-bond donors (Lipinski definition) is 0. The molecule has 1 spiro atoms. The van der Waals surface area contributed by atoms with Gasteiger partial charge in [0.2, 0.25) is 0 Å². The Morgan fingerprint density at radius 3 is 1.32 bits per heavy atom. The van der Waals surface area contributed by atoms with Crippen LogP contribution in [0, 0.1) is 0 Å². The molecule has 0 bridgehead atoms. The van der Waals surface area contributed by atoms with Crippen molar-refractivity contribution >= 4 is 17.1 Å². The molecule has 1 heteroatoms. The minimum absolute atomic E-state index is 0.153. The van der Waals surface area contributed by atoms with Crippen LogP contribution >= 0.6 is 0 Å². The first-order valence-electron chi connectivity index (χ1n) is 24.9. The number of hydrogen-bond acceptors (Lipinski definition) is 1. The average molecular weight is 904 g/mol. The van der Waals surface area contributed by atoms with Crippen LogP contribution in [0.3, 0.4) is 0 Å². The lowest BCUT2D eigenvalue weighted by atomic mass is 9.66. The zero-order chi connectivity index (χ0) is 47.3. The Labute approximate surface area is 416 Å². The zero-order valence-corrected chi connectivity index (χ0v) is 39.8. The molecule has 14 rings (SSSR count). The van der Waals surface area contributed by atoms with Crippen LogP contribution in [0.4, 0.5) is 17.1 Å². The quantitative estimate of drug-likeness (QED) is 0.161. The average Bonchev–Trinajstić information content (AvgIpc) is 3.82. The van der Waals surface area contributed by atoms with Crippen LogP contribution in [-0.2, 0) is 10.8 Å². The molecule has 0 unspecified atom stereocenters. The van der Waals surface area contributed by atoms with Crippen LogP contribution < -0.4 is 4.90 Å². The van der Waals surface area contributed by atoms with Crippen molar-refractivity contribution in [1.29, 1.82) is 0 Å². The predicted molar refractivity (Wildman–Crippen MR) is 297 cm³/mol. The maximum absolute atomic E-state index is 2.48. The fraction of sp³-hybridized carbons (Fsp3) is 0.0571. The van der Waals surface area contributed by atoms with E-state index < -0.39 is 5.41 Å². The van der Waals surface area contributed by atoms with Gasteiger partial charge in [0.25, 0.3) is 0 Å². The molecule has 0 atom stereocenters. The topological polar surface area (TPSA) is 3.24 Å². The van der Waals surface area contributed by atoms with Gasteiger partial charge in [-0.25, -0.2) is 0 Å². The summed E-state index contributed by atoms with van der Waals surface area (Å²) in [7, 11) is 0. The number of benzene rings is 11. The van der Waals surface area contributed by atoms with Crippen molar-refractivity contribution in [3.8, 4) is 77.9 Å². The van der Waals surface area contributed by atoms with E-state index in [0.717, 1.165) is 17.1 Å². The fourth-order valence-electron chi connectivity index (χ4n) is 12.8. The first-order valence-corrected chi connectivity index (χ1v) is 24.9. The van der Waals surface area contributed by atoms with E-state index in [1.165, 1.54) is 111 Å². The van der Waals surface area contributed by atoms with Gasteiger partial charge >= 0.3 is 0 Å². The summed E-state index contributed by atoms with van der Waals surface area (Å²) in [5.41, 5.74) is 28.1. The summed E-state index contributed by atoms with van der Waals surface area (Å²) in [5, 5.41) is 0. The molecule has 0 radical (unpaired) electrons. The molecule has 0 fully saturated rings. The molecule has 0 amide bonds. The van der Waals surface area contributed by atoms with E-state index >= 15 is 0 Å². The molecule has 1 nitrogen and oxygen atoms in total. The Kier molecular flexibility index (Phi) is 9.22. The SMILES string of the molecule is CC1(C)c2ccccc2-c2ccc(N(c3ccc(-c4cccc5c4-c4ccccc4C54c5ccccc5-c5ccccc5-c5ccccc54)cc3)c3ccc(-c4ccccc4)cc3-c3ccccc3)cc21. The van der Waals surface area contributed by atoms with Crippen molar-refractivity contribution in [2.24, 2.45) is 0 Å². The van der Waals surface area contributed by atoms with Gasteiger partial charge in [0.15, 0.2) is 0 Å². The van der Waals surface area contributed by atoms with Crippen LogP contribution in [0.25, 0.3) is 77.9 Å². The predicted octanol–water partition coefficient (Wildman–Crippen LogP) is 18.5. The summed E-state index contributed by atoms with van der Waals surface area (Å²) in [5.74, 6) is 0. The third-order valence-corrected chi connectivity index (χ3v) is 15.9. The minimum Gasteiger partial charge on any atom is -0.310 e. The summed E-state index contributed by atoms with van der Waals surface area (Å²) in [6.07, 6.45) is 0. The lowest BCUT2D eigenvalue weighted by molar-refractivity contribution is 0.660. The highest BCUT2D eigenvalue weighted by atomic mass is 15.1. The van der Waals surface area contributed by atoms with Gasteiger partial charge in [-0.3, -0.25) is 0 Å². The van der Waals surface area contributed by atoms with Crippen LogP contribution in [-0.4, -0.2) is 0 Å². The highest BCUT2D eigenvalue weighted by Gasteiger charge is 2.50. The van der Waals surface area contributed by atoms with E-state index in [9.17, 15) is 0 Å². The molecule has 3 aliphatic carbocycles. The molecule has 71 heavy (non-hydrogen) atoms. The van der Waals surface area contributed by atoms with Gasteiger partial charge in [-0.1, -0.05) is 238 Å². The molecule has 0 N–H and O–H groups in total. The second kappa shape index (κ2) is 15.9. The van der Waals surface area contributed by atoms with Gasteiger partial charge in [0.05, 0.1) is 11.1 Å². The molecule has 11 aromatic rings. The van der Waals surface area contributed by atoms with E-state index in [-0.39, 0.29) is 5.41 Å². The molecule has 3 aliphatic rings. The Morgan fingerprint density at radius 2 is 0.690 bits per heavy atom. The number of rotatable bonds is 6. The van der Waals surface area contributed by atoms with Gasteiger partial charge in [-0.15, -0.1) is 0 Å². The summed E-state index contributed by atoms with van der Waals surface area (Å²) in [6, 6.07) is 97.5. The van der Waals surface area contributed by atoms with Gasteiger partial charge in [0.1, 0.15) is 0 Å². The van der Waals surface area contributed by atoms with E-state index in [1.807, 2.05) is 0 Å². The number of anilines is 3. The molecular weight excluding hydrogens is 855 g/mol. The highest BCUT2D eigenvalue weighted by molar-refractivity contribution is 6.01. The number of fused-ring (bicyclic) bond motifs is 15. The standard InChI is InChI=1S/C70H49N/c1-69(2)61-31-15-11-28-57(61)58-42-41-51(45-66(58)69)71(67-43-38-49(46-20-5-3-6-21-46)44-60(67)47-22-7-4-8-23-47)50-39-36-48(37-40-50)52-30-19-35-65-68(52)59-29-14-18-34-64(59)70(65)62-32-16-12-26-55(62)53-24-9-10-25-54(53)56-27-13-17-33-63(56)70/h3-45H,1-2H3. The van der Waals surface area contributed by atoms with Crippen molar-refractivity contribution in [3.05, 3.63) is 294 Å². The molecule has 0 saturated heterocycles. The maximum Gasteiger partial charge on any atom is 0.0725 e. The smallest absolute Gasteiger partial charge is 0.0725 e.